The van der Waals surface area contributed by atoms with E-state index in [1.807, 2.05) is 0 Å². The SMILES string of the molecule is CC(CNC1CC1)S(=O)(=O)NCc1ncon1. The Morgan fingerprint density at radius 2 is 2.35 bits per heavy atom. The molecule has 0 amide bonds. The van der Waals surface area contributed by atoms with Gasteiger partial charge in [-0.25, -0.2) is 13.1 Å². The molecule has 7 nitrogen and oxygen atoms in total. The molecule has 0 aliphatic heterocycles. The molecule has 1 aliphatic carbocycles. The average Bonchev–Trinajstić information content (AvgIpc) is 2.97. The lowest BCUT2D eigenvalue weighted by molar-refractivity contribution is 0.409. The van der Waals surface area contributed by atoms with Crippen molar-refractivity contribution in [3.63, 3.8) is 0 Å². The molecule has 0 saturated heterocycles. The highest BCUT2D eigenvalue weighted by molar-refractivity contribution is 7.90. The normalized spacial score (nSPS) is 18.2. The van der Waals surface area contributed by atoms with Gasteiger partial charge in [-0.1, -0.05) is 5.16 Å². The van der Waals surface area contributed by atoms with Crippen LogP contribution in [0.3, 0.4) is 0 Å². The largest absolute Gasteiger partial charge is 0.343 e. The summed E-state index contributed by atoms with van der Waals surface area (Å²) in [5.41, 5.74) is 0. The maximum atomic E-state index is 11.8. The van der Waals surface area contributed by atoms with Crippen LogP contribution in [0.25, 0.3) is 0 Å². The van der Waals surface area contributed by atoms with Crippen LogP contribution < -0.4 is 10.0 Å². The van der Waals surface area contributed by atoms with E-state index >= 15 is 0 Å². The Labute approximate surface area is 100 Å². The Hall–Kier alpha value is -0.990. The van der Waals surface area contributed by atoms with Gasteiger partial charge in [0.15, 0.2) is 5.82 Å². The number of hydrogen-bond donors (Lipinski definition) is 2. The van der Waals surface area contributed by atoms with Crippen LogP contribution >= 0.6 is 0 Å². The van der Waals surface area contributed by atoms with E-state index in [0.717, 1.165) is 12.8 Å². The number of nitrogens with zero attached hydrogens (tertiary/aromatic N) is 2. The minimum atomic E-state index is -3.34. The zero-order chi connectivity index (χ0) is 12.3. The molecule has 1 aromatic heterocycles. The number of nitrogens with one attached hydrogen (secondary N) is 2. The van der Waals surface area contributed by atoms with E-state index in [1.54, 1.807) is 6.92 Å². The smallest absolute Gasteiger partial charge is 0.215 e. The van der Waals surface area contributed by atoms with Gasteiger partial charge in [0.1, 0.15) is 0 Å². The molecule has 1 aliphatic rings. The van der Waals surface area contributed by atoms with Gasteiger partial charge < -0.3 is 9.84 Å². The van der Waals surface area contributed by atoms with Gasteiger partial charge in [0.25, 0.3) is 0 Å². The van der Waals surface area contributed by atoms with Crippen molar-refractivity contribution in [1.82, 2.24) is 20.2 Å². The summed E-state index contributed by atoms with van der Waals surface area (Å²) in [6.07, 6.45) is 3.45. The molecule has 2 N–H and O–H groups in total. The highest BCUT2D eigenvalue weighted by Gasteiger charge is 2.25. The highest BCUT2D eigenvalue weighted by Crippen LogP contribution is 2.18. The highest BCUT2D eigenvalue weighted by atomic mass is 32.2. The maximum Gasteiger partial charge on any atom is 0.215 e. The molecular weight excluding hydrogens is 244 g/mol. The summed E-state index contributed by atoms with van der Waals surface area (Å²) in [4.78, 5) is 3.74. The number of rotatable bonds is 7. The Morgan fingerprint density at radius 1 is 1.59 bits per heavy atom. The zero-order valence-electron chi connectivity index (χ0n) is 9.59. The summed E-state index contributed by atoms with van der Waals surface area (Å²) in [5.74, 6) is 0.330. The molecular formula is C9H16N4O3S. The van der Waals surface area contributed by atoms with E-state index in [-0.39, 0.29) is 6.54 Å². The van der Waals surface area contributed by atoms with Crippen molar-refractivity contribution in [1.29, 1.82) is 0 Å². The maximum absolute atomic E-state index is 11.8. The zero-order valence-corrected chi connectivity index (χ0v) is 10.4. The van der Waals surface area contributed by atoms with Gasteiger partial charge in [-0.15, -0.1) is 0 Å². The van der Waals surface area contributed by atoms with E-state index < -0.39 is 15.3 Å². The van der Waals surface area contributed by atoms with Crippen molar-refractivity contribution >= 4 is 10.0 Å². The number of hydrogen-bond acceptors (Lipinski definition) is 6. The third-order valence-corrected chi connectivity index (χ3v) is 4.41. The van der Waals surface area contributed by atoms with Crippen molar-refractivity contribution in [3.05, 3.63) is 12.2 Å². The number of sulfonamides is 1. The summed E-state index contributed by atoms with van der Waals surface area (Å²) in [7, 11) is -3.34. The molecule has 1 fully saturated rings. The van der Waals surface area contributed by atoms with Crippen LogP contribution in [-0.2, 0) is 16.6 Å². The van der Waals surface area contributed by atoms with Crippen molar-refractivity contribution in [2.45, 2.75) is 37.6 Å². The van der Waals surface area contributed by atoms with E-state index in [1.165, 1.54) is 6.39 Å². The van der Waals surface area contributed by atoms with E-state index in [4.69, 9.17) is 0 Å². The van der Waals surface area contributed by atoms with Crippen molar-refractivity contribution < 1.29 is 12.9 Å². The van der Waals surface area contributed by atoms with Crippen LogP contribution in [0, 0.1) is 0 Å². The molecule has 0 radical (unpaired) electrons. The fourth-order valence-corrected chi connectivity index (χ4v) is 2.24. The lowest BCUT2D eigenvalue weighted by Gasteiger charge is -2.13. The quantitative estimate of drug-likeness (QED) is 0.694. The Kier molecular flexibility index (Phi) is 3.75. The summed E-state index contributed by atoms with van der Waals surface area (Å²) >= 11 is 0. The minimum Gasteiger partial charge on any atom is -0.343 e. The van der Waals surface area contributed by atoms with Gasteiger partial charge in [0, 0.05) is 12.6 Å². The van der Waals surface area contributed by atoms with E-state index in [2.05, 4.69) is 24.7 Å². The summed E-state index contributed by atoms with van der Waals surface area (Å²) in [6, 6.07) is 0.504. The lowest BCUT2D eigenvalue weighted by atomic mass is 10.4. The molecule has 1 aromatic rings. The fraction of sp³-hybridized carbons (Fsp3) is 0.778. The van der Waals surface area contributed by atoms with Crippen LogP contribution in [0.4, 0.5) is 0 Å². The first-order valence-electron chi connectivity index (χ1n) is 5.55. The molecule has 96 valence electrons. The molecule has 1 unspecified atom stereocenters. The summed E-state index contributed by atoms with van der Waals surface area (Å²) < 4.78 is 30.6. The molecule has 17 heavy (non-hydrogen) atoms. The van der Waals surface area contributed by atoms with Gasteiger partial charge in [0.2, 0.25) is 16.4 Å². The predicted octanol–water partition coefficient (Wildman–Crippen LogP) is -0.370. The van der Waals surface area contributed by atoms with E-state index in [9.17, 15) is 8.42 Å². The van der Waals surface area contributed by atoms with Gasteiger partial charge >= 0.3 is 0 Å². The molecule has 1 atom stereocenters. The second-order valence-corrected chi connectivity index (χ2v) is 6.39. The number of aromatic nitrogens is 2. The molecule has 0 spiro atoms. The van der Waals surface area contributed by atoms with Crippen LogP contribution in [0.15, 0.2) is 10.9 Å². The van der Waals surface area contributed by atoms with Crippen LogP contribution in [0.2, 0.25) is 0 Å². The Bertz CT molecular complexity index is 441. The van der Waals surface area contributed by atoms with Crippen molar-refractivity contribution in [2.24, 2.45) is 0 Å². The van der Waals surface area contributed by atoms with Crippen LogP contribution in [-0.4, -0.2) is 36.4 Å². The van der Waals surface area contributed by atoms with Gasteiger partial charge in [0.05, 0.1) is 11.8 Å². The first kappa shape index (κ1) is 12.5. The molecule has 1 saturated carbocycles. The van der Waals surface area contributed by atoms with E-state index in [0.29, 0.717) is 18.4 Å². The average molecular weight is 260 g/mol. The second kappa shape index (κ2) is 5.11. The molecule has 2 rings (SSSR count). The molecule has 0 aromatic carbocycles. The summed E-state index contributed by atoms with van der Waals surface area (Å²) in [5, 5.41) is 6.24. The third-order valence-electron chi connectivity index (χ3n) is 2.64. The Balaban J connectivity index is 1.79. The van der Waals surface area contributed by atoms with Crippen molar-refractivity contribution in [2.75, 3.05) is 6.54 Å². The summed E-state index contributed by atoms with van der Waals surface area (Å²) in [6.45, 7) is 2.20. The van der Waals surface area contributed by atoms with Crippen molar-refractivity contribution in [3.8, 4) is 0 Å². The second-order valence-electron chi connectivity index (χ2n) is 4.21. The monoisotopic (exact) mass is 260 g/mol. The lowest BCUT2D eigenvalue weighted by Crippen LogP contribution is -2.39. The van der Waals surface area contributed by atoms with Crippen LogP contribution in [0.1, 0.15) is 25.6 Å². The fourth-order valence-electron chi connectivity index (χ4n) is 1.31. The molecule has 0 bridgehead atoms. The predicted molar refractivity (Wildman–Crippen MR) is 60.5 cm³/mol. The standard InChI is InChI=1S/C9H16N4O3S/c1-7(4-10-8-2-3-8)17(14,15)12-5-9-11-6-16-13-9/h6-8,10,12H,2-5H2,1H3. The molecule has 8 heteroatoms. The minimum absolute atomic E-state index is 0.0621. The third kappa shape index (κ3) is 3.76. The Morgan fingerprint density at radius 3 is 2.94 bits per heavy atom. The van der Waals surface area contributed by atoms with Gasteiger partial charge in [-0.05, 0) is 19.8 Å². The molecule has 1 heterocycles. The van der Waals surface area contributed by atoms with Crippen LogP contribution in [0.5, 0.6) is 0 Å². The van der Waals surface area contributed by atoms with Gasteiger partial charge in [-0.3, -0.25) is 0 Å². The first-order valence-corrected chi connectivity index (χ1v) is 7.09. The first-order chi connectivity index (χ1) is 8.08. The topological polar surface area (TPSA) is 97.1 Å². The van der Waals surface area contributed by atoms with Gasteiger partial charge in [-0.2, -0.15) is 4.98 Å².